The predicted octanol–water partition coefficient (Wildman–Crippen LogP) is 3.01. The van der Waals surface area contributed by atoms with Gasteiger partial charge in [0.1, 0.15) is 5.15 Å². The first-order chi connectivity index (χ1) is 9.58. The maximum absolute atomic E-state index is 12.2. The Hall–Kier alpha value is -1.91. The number of aromatic nitrogens is 1. The van der Waals surface area contributed by atoms with Gasteiger partial charge < -0.3 is 11.1 Å². The SMILES string of the molecule is CC(C(=O)Nc1ccnc(Cl)c1)C(N)c1ccccc1. The summed E-state index contributed by atoms with van der Waals surface area (Å²) in [4.78, 5) is 16.0. The number of amides is 1. The molecule has 0 aliphatic heterocycles. The van der Waals surface area contributed by atoms with Crippen LogP contribution in [0.3, 0.4) is 0 Å². The van der Waals surface area contributed by atoms with Crippen LogP contribution >= 0.6 is 11.6 Å². The summed E-state index contributed by atoms with van der Waals surface area (Å²) in [7, 11) is 0. The van der Waals surface area contributed by atoms with Gasteiger partial charge in [-0.25, -0.2) is 4.98 Å². The number of pyridine rings is 1. The molecular weight excluding hydrogens is 274 g/mol. The largest absolute Gasteiger partial charge is 0.326 e. The minimum absolute atomic E-state index is 0.149. The number of nitrogens with one attached hydrogen (secondary N) is 1. The van der Waals surface area contributed by atoms with Crippen LogP contribution in [-0.2, 0) is 4.79 Å². The van der Waals surface area contributed by atoms with Crippen molar-refractivity contribution in [2.45, 2.75) is 13.0 Å². The fourth-order valence-electron chi connectivity index (χ4n) is 1.86. The maximum atomic E-state index is 12.2. The molecule has 0 saturated carbocycles. The smallest absolute Gasteiger partial charge is 0.229 e. The number of nitrogens with zero attached hydrogens (tertiary/aromatic N) is 1. The molecule has 2 aromatic rings. The van der Waals surface area contributed by atoms with Gasteiger partial charge in [-0.15, -0.1) is 0 Å². The first kappa shape index (κ1) is 14.5. The van der Waals surface area contributed by atoms with E-state index >= 15 is 0 Å². The van der Waals surface area contributed by atoms with Gasteiger partial charge in [-0.3, -0.25) is 4.79 Å². The Bertz CT molecular complexity index is 589. The van der Waals surface area contributed by atoms with Crippen LogP contribution in [0.4, 0.5) is 5.69 Å². The van der Waals surface area contributed by atoms with Crippen molar-refractivity contribution < 1.29 is 4.79 Å². The highest BCUT2D eigenvalue weighted by Gasteiger charge is 2.22. The third-order valence-corrected chi connectivity index (χ3v) is 3.34. The van der Waals surface area contributed by atoms with E-state index in [9.17, 15) is 4.79 Å². The van der Waals surface area contributed by atoms with Crippen molar-refractivity contribution in [1.82, 2.24) is 4.98 Å². The molecule has 20 heavy (non-hydrogen) atoms. The summed E-state index contributed by atoms with van der Waals surface area (Å²) in [6, 6.07) is 12.5. The van der Waals surface area contributed by atoms with E-state index in [-0.39, 0.29) is 17.9 Å². The van der Waals surface area contributed by atoms with Gasteiger partial charge in [-0.05, 0) is 17.7 Å². The molecule has 0 radical (unpaired) electrons. The first-order valence-electron chi connectivity index (χ1n) is 6.31. The molecule has 2 rings (SSSR count). The van der Waals surface area contributed by atoms with Crippen LogP contribution < -0.4 is 11.1 Å². The topological polar surface area (TPSA) is 68.0 Å². The molecule has 0 spiro atoms. The van der Waals surface area contributed by atoms with Gasteiger partial charge in [0.05, 0.1) is 5.92 Å². The number of nitrogens with two attached hydrogens (primary N) is 1. The Kier molecular flexibility index (Phi) is 4.71. The number of hydrogen-bond acceptors (Lipinski definition) is 3. The van der Waals surface area contributed by atoms with E-state index in [0.29, 0.717) is 10.8 Å². The van der Waals surface area contributed by atoms with Gasteiger partial charge in [-0.1, -0.05) is 48.9 Å². The fraction of sp³-hybridized carbons (Fsp3) is 0.200. The molecular formula is C15H16ClN3O. The van der Waals surface area contributed by atoms with Crippen LogP contribution in [0.25, 0.3) is 0 Å². The molecule has 3 N–H and O–H groups in total. The summed E-state index contributed by atoms with van der Waals surface area (Å²) >= 11 is 5.78. The lowest BCUT2D eigenvalue weighted by atomic mass is 9.94. The van der Waals surface area contributed by atoms with Crippen molar-refractivity contribution in [3.05, 3.63) is 59.4 Å². The molecule has 104 valence electrons. The number of carbonyl (C=O) groups excluding carboxylic acids is 1. The number of halogens is 1. The second-order valence-electron chi connectivity index (χ2n) is 4.58. The molecule has 2 unspecified atom stereocenters. The normalized spacial score (nSPS) is 13.6. The van der Waals surface area contributed by atoms with E-state index in [4.69, 9.17) is 17.3 Å². The number of rotatable bonds is 4. The maximum Gasteiger partial charge on any atom is 0.229 e. The molecule has 1 heterocycles. The van der Waals surface area contributed by atoms with Crippen LogP contribution in [0.1, 0.15) is 18.5 Å². The van der Waals surface area contributed by atoms with Crippen LogP contribution in [0.15, 0.2) is 48.7 Å². The van der Waals surface area contributed by atoms with E-state index < -0.39 is 0 Å². The van der Waals surface area contributed by atoms with Crippen molar-refractivity contribution >= 4 is 23.2 Å². The minimum Gasteiger partial charge on any atom is -0.326 e. The van der Waals surface area contributed by atoms with Gasteiger partial charge in [-0.2, -0.15) is 0 Å². The van der Waals surface area contributed by atoms with Crippen LogP contribution in [0.2, 0.25) is 5.15 Å². The fourth-order valence-corrected chi connectivity index (χ4v) is 2.04. The van der Waals surface area contributed by atoms with Crippen molar-refractivity contribution in [2.24, 2.45) is 11.7 Å². The van der Waals surface area contributed by atoms with E-state index in [1.54, 1.807) is 25.3 Å². The molecule has 1 aromatic carbocycles. The Morgan fingerprint density at radius 3 is 2.65 bits per heavy atom. The second kappa shape index (κ2) is 6.50. The lowest BCUT2D eigenvalue weighted by Gasteiger charge is -2.19. The highest BCUT2D eigenvalue weighted by Crippen LogP contribution is 2.21. The molecule has 1 amide bonds. The van der Waals surface area contributed by atoms with Crippen molar-refractivity contribution in [3.63, 3.8) is 0 Å². The Morgan fingerprint density at radius 1 is 1.30 bits per heavy atom. The molecule has 2 atom stereocenters. The number of carbonyl (C=O) groups is 1. The Morgan fingerprint density at radius 2 is 2.00 bits per heavy atom. The molecule has 4 nitrogen and oxygen atoms in total. The molecule has 0 aliphatic carbocycles. The quantitative estimate of drug-likeness (QED) is 0.850. The monoisotopic (exact) mass is 289 g/mol. The third-order valence-electron chi connectivity index (χ3n) is 3.13. The zero-order chi connectivity index (χ0) is 14.5. The van der Waals surface area contributed by atoms with Gasteiger partial charge in [0.25, 0.3) is 0 Å². The van der Waals surface area contributed by atoms with Crippen LogP contribution in [0.5, 0.6) is 0 Å². The van der Waals surface area contributed by atoms with Crippen LogP contribution in [0, 0.1) is 5.92 Å². The zero-order valence-electron chi connectivity index (χ0n) is 11.1. The summed E-state index contributed by atoms with van der Waals surface area (Å²) in [6.45, 7) is 1.80. The molecule has 5 heteroatoms. The molecule has 0 saturated heterocycles. The lowest BCUT2D eigenvalue weighted by molar-refractivity contribution is -0.120. The summed E-state index contributed by atoms with van der Waals surface area (Å²) in [5.41, 5.74) is 7.67. The second-order valence-corrected chi connectivity index (χ2v) is 4.97. The molecule has 1 aromatic heterocycles. The Balaban J connectivity index is 2.05. The summed E-state index contributed by atoms with van der Waals surface area (Å²) < 4.78 is 0. The van der Waals surface area contributed by atoms with Crippen LogP contribution in [-0.4, -0.2) is 10.9 Å². The van der Waals surface area contributed by atoms with Crippen molar-refractivity contribution in [2.75, 3.05) is 5.32 Å². The average molecular weight is 290 g/mol. The van der Waals surface area contributed by atoms with Crippen molar-refractivity contribution in [1.29, 1.82) is 0 Å². The van der Waals surface area contributed by atoms with Gasteiger partial charge in [0.2, 0.25) is 5.91 Å². The van der Waals surface area contributed by atoms with E-state index in [0.717, 1.165) is 5.56 Å². The van der Waals surface area contributed by atoms with E-state index in [1.165, 1.54) is 0 Å². The molecule has 0 aliphatic rings. The zero-order valence-corrected chi connectivity index (χ0v) is 11.8. The van der Waals surface area contributed by atoms with E-state index in [2.05, 4.69) is 10.3 Å². The summed E-state index contributed by atoms with van der Waals surface area (Å²) in [6.07, 6.45) is 1.54. The summed E-state index contributed by atoms with van der Waals surface area (Å²) in [5, 5.41) is 3.13. The molecule has 0 fully saturated rings. The average Bonchev–Trinajstić information content (AvgIpc) is 2.46. The lowest BCUT2D eigenvalue weighted by Crippen LogP contribution is -2.30. The predicted molar refractivity (Wildman–Crippen MR) is 80.4 cm³/mol. The summed E-state index contributed by atoms with van der Waals surface area (Å²) in [5.74, 6) is -0.507. The first-order valence-corrected chi connectivity index (χ1v) is 6.68. The van der Waals surface area contributed by atoms with Crippen molar-refractivity contribution in [3.8, 4) is 0 Å². The third kappa shape index (κ3) is 3.56. The number of benzene rings is 1. The van der Waals surface area contributed by atoms with E-state index in [1.807, 2.05) is 30.3 Å². The Labute approximate surface area is 123 Å². The highest BCUT2D eigenvalue weighted by atomic mass is 35.5. The number of anilines is 1. The molecule has 0 bridgehead atoms. The standard InChI is InChI=1S/C15H16ClN3O/c1-10(14(17)11-5-3-2-4-6-11)15(20)19-12-7-8-18-13(16)9-12/h2-10,14H,17H2,1H3,(H,18,19,20). The van der Waals surface area contributed by atoms with Gasteiger partial charge in [0, 0.05) is 17.9 Å². The van der Waals surface area contributed by atoms with Gasteiger partial charge >= 0.3 is 0 Å². The highest BCUT2D eigenvalue weighted by molar-refractivity contribution is 6.29. The minimum atomic E-state index is -0.357. The van der Waals surface area contributed by atoms with Gasteiger partial charge in [0.15, 0.2) is 0 Å². The number of hydrogen-bond donors (Lipinski definition) is 2.